The van der Waals surface area contributed by atoms with Gasteiger partial charge in [-0.25, -0.2) is 0 Å². The van der Waals surface area contributed by atoms with Gasteiger partial charge in [0, 0.05) is 5.69 Å². The molecule has 0 heterocycles. The number of halogens is 1. The first kappa shape index (κ1) is 11.8. The Kier molecular flexibility index (Phi) is 3.94. The van der Waals surface area contributed by atoms with Crippen LogP contribution in [0.3, 0.4) is 0 Å². The van der Waals surface area contributed by atoms with Gasteiger partial charge < -0.3 is 15.3 Å². The van der Waals surface area contributed by atoms with Crippen molar-refractivity contribution < 1.29 is 9.90 Å². The van der Waals surface area contributed by atoms with Crippen LogP contribution in [0, 0.1) is 0 Å². The lowest BCUT2D eigenvalue weighted by molar-refractivity contribution is -0.116. The van der Waals surface area contributed by atoms with E-state index in [0.29, 0.717) is 12.2 Å². The van der Waals surface area contributed by atoms with Gasteiger partial charge in [-0.3, -0.25) is 4.79 Å². The fourth-order valence-corrected chi connectivity index (χ4v) is 1.25. The average Bonchev–Trinajstić information content (AvgIpc) is 2.10. The SMILES string of the molecule is CN(C)CC(=O)Nc1ccc(O)c(Cl)c1. The molecule has 0 aliphatic rings. The highest BCUT2D eigenvalue weighted by atomic mass is 35.5. The number of rotatable bonds is 3. The lowest BCUT2D eigenvalue weighted by Crippen LogP contribution is -2.27. The maximum absolute atomic E-state index is 11.4. The van der Waals surface area contributed by atoms with Crippen LogP contribution in [0.2, 0.25) is 5.02 Å². The molecule has 1 aromatic rings. The Hall–Kier alpha value is -1.26. The second-order valence-electron chi connectivity index (χ2n) is 3.45. The molecule has 1 rings (SSSR count). The Bertz CT molecular complexity index is 366. The molecular formula is C10H13ClN2O2. The topological polar surface area (TPSA) is 52.6 Å². The number of amides is 1. The predicted molar refractivity (Wildman–Crippen MR) is 60.3 cm³/mol. The summed E-state index contributed by atoms with van der Waals surface area (Å²) in [7, 11) is 3.62. The number of nitrogens with one attached hydrogen (secondary N) is 1. The van der Waals surface area contributed by atoms with Crippen molar-refractivity contribution in [1.29, 1.82) is 0 Å². The van der Waals surface area contributed by atoms with Crippen LogP contribution in [0.15, 0.2) is 18.2 Å². The zero-order valence-electron chi connectivity index (χ0n) is 8.62. The quantitative estimate of drug-likeness (QED) is 0.772. The molecule has 4 nitrogen and oxygen atoms in total. The van der Waals surface area contributed by atoms with E-state index in [0.717, 1.165) is 0 Å². The van der Waals surface area contributed by atoms with Crippen LogP contribution in [0.1, 0.15) is 0 Å². The number of carbonyl (C=O) groups excluding carboxylic acids is 1. The van der Waals surface area contributed by atoms with Gasteiger partial charge in [0.1, 0.15) is 5.75 Å². The number of phenolic OH excluding ortho intramolecular Hbond substituents is 1. The van der Waals surface area contributed by atoms with E-state index < -0.39 is 0 Å². The molecule has 0 fully saturated rings. The summed E-state index contributed by atoms with van der Waals surface area (Å²) in [5.41, 5.74) is 0.574. The maximum Gasteiger partial charge on any atom is 0.238 e. The smallest absolute Gasteiger partial charge is 0.238 e. The van der Waals surface area contributed by atoms with Crippen LogP contribution >= 0.6 is 11.6 Å². The molecule has 0 aromatic heterocycles. The van der Waals surface area contributed by atoms with Crippen molar-refractivity contribution in [1.82, 2.24) is 4.90 Å². The van der Waals surface area contributed by atoms with E-state index in [-0.39, 0.29) is 16.7 Å². The highest BCUT2D eigenvalue weighted by Gasteiger charge is 2.05. The van der Waals surface area contributed by atoms with Crippen LogP contribution in [0.5, 0.6) is 5.75 Å². The first-order chi connectivity index (χ1) is 6.99. The number of likely N-dealkylation sites (N-methyl/N-ethyl adjacent to an activating group) is 1. The van der Waals surface area contributed by atoms with Gasteiger partial charge >= 0.3 is 0 Å². The standard InChI is InChI=1S/C10H13ClN2O2/c1-13(2)6-10(15)12-7-3-4-9(14)8(11)5-7/h3-5,14H,6H2,1-2H3,(H,12,15). The minimum atomic E-state index is -0.123. The third-order valence-corrected chi connectivity index (χ3v) is 1.99. The number of nitrogens with zero attached hydrogens (tertiary/aromatic N) is 1. The molecule has 0 aliphatic carbocycles. The van der Waals surface area contributed by atoms with Crippen LogP contribution in [0.25, 0.3) is 0 Å². The van der Waals surface area contributed by atoms with E-state index in [1.807, 2.05) is 14.1 Å². The Balaban J connectivity index is 2.65. The molecular weight excluding hydrogens is 216 g/mol. The molecule has 0 saturated carbocycles. The number of hydrogen-bond donors (Lipinski definition) is 2. The highest BCUT2D eigenvalue weighted by molar-refractivity contribution is 6.32. The summed E-state index contributed by atoms with van der Waals surface area (Å²) >= 11 is 5.69. The lowest BCUT2D eigenvalue weighted by atomic mass is 10.3. The number of aromatic hydroxyl groups is 1. The molecule has 15 heavy (non-hydrogen) atoms. The van der Waals surface area contributed by atoms with Crippen LogP contribution in [0.4, 0.5) is 5.69 Å². The molecule has 0 radical (unpaired) electrons. The molecule has 1 aromatic carbocycles. The molecule has 0 unspecified atom stereocenters. The first-order valence-electron chi connectivity index (χ1n) is 4.42. The number of phenols is 1. The minimum Gasteiger partial charge on any atom is -0.506 e. The summed E-state index contributed by atoms with van der Waals surface area (Å²) in [6.45, 7) is 0.304. The number of carbonyl (C=O) groups is 1. The van der Waals surface area contributed by atoms with Crippen LogP contribution in [-0.4, -0.2) is 36.6 Å². The third-order valence-electron chi connectivity index (χ3n) is 1.69. The van der Waals surface area contributed by atoms with E-state index >= 15 is 0 Å². The Morgan fingerprint density at radius 3 is 2.73 bits per heavy atom. The number of benzene rings is 1. The molecule has 0 saturated heterocycles. The van der Waals surface area contributed by atoms with Crippen molar-refractivity contribution in [2.45, 2.75) is 0 Å². The predicted octanol–water partition coefficient (Wildman–Crippen LogP) is 1.55. The van der Waals surface area contributed by atoms with E-state index in [2.05, 4.69) is 5.32 Å². The summed E-state index contributed by atoms with van der Waals surface area (Å²) in [6.07, 6.45) is 0. The monoisotopic (exact) mass is 228 g/mol. The highest BCUT2D eigenvalue weighted by Crippen LogP contribution is 2.25. The Morgan fingerprint density at radius 2 is 2.20 bits per heavy atom. The van der Waals surface area contributed by atoms with Crippen LogP contribution in [-0.2, 0) is 4.79 Å². The van der Waals surface area contributed by atoms with E-state index in [1.54, 1.807) is 11.0 Å². The zero-order valence-corrected chi connectivity index (χ0v) is 9.38. The van der Waals surface area contributed by atoms with Gasteiger partial charge in [-0.1, -0.05) is 11.6 Å². The second-order valence-corrected chi connectivity index (χ2v) is 3.86. The van der Waals surface area contributed by atoms with E-state index in [9.17, 15) is 9.90 Å². The third kappa shape index (κ3) is 3.77. The second kappa shape index (κ2) is 5.00. The van der Waals surface area contributed by atoms with E-state index in [4.69, 9.17) is 11.6 Å². The summed E-state index contributed by atoms with van der Waals surface area (Å²) in [6, 6.07) is 4.53. The van der Waals surface area contributed by atoms with Crippen molar-refractivity contribution in [3.05, 3.63) is 23.2 Å². The fourth-order valence-electron chi connectivity index (χ4n) is 1.07. The first-order valence-corrected chi connectivity index (χ1v) is 4.80. The molecule has 5 heteroatoms. The van der Waals surface area contributed by atoms with Gasteiger partial charge in [0.25, 0.3) is 0 Å². The molecule has 82 valence electrons. The normalized spacial score (nSPS) is 10.4. The van der Waals surface area contributed by atoms with Gasteiger partial charge in [0.15, 0.2) is 0 Å². The largest absolute Gasteiger partial charge is 0.506 e. The maximum atomic E-state index is 11.4. The van der Waals surface area contributed by atoms with Gasteiger partial charge in [0.2, 0.25) is 5.91 Å². The molecule has 0 aliphatic heterocycles. The molecule has 0 atom stereocenters. The Labute approximate surface area is 93.5 Å². The van der Waals surface area contributed by atoms with Gasteiger partial charge in [-0.2, -0.15) is 0 Å². The van der Waals surface area contributed by atoms with Crippen molar-refractivity contribution in [2.75, 3.05) is 26.0 Å². The lowest BCUT2D eigenvalue weighted by Gasteiger charge is -2.10. The minimum absolute atomic E-state index is 0.00211. The molecule has 2 N–H and O–H groups in total. The summed E-state index contributed by atoms with van der Waals surface area (Å²) in [5.74, 6) is -0.121. The Morgan fingerprint density at radius 1 is 1.53 bits per heavy atom. The summed E-state index contributed by atoms with van der Waals surface area (Å²) in [5, 5.41) is 12.1. The van der Waals surface area contributed by atoms with Crippen LogP contribution < -0.4 is 5.32 Å². The van der Waals surface area contributed by atoms with Crippen molar-refractivity contribution in [3.63, 3.8) is 0 Å². The molecule has 0 bridgehead atoms. The zero-order chi connectivity index (χ0) is 11.4. The summed E-state index contributed by atoms with van der Waals surface area (Å²) in [4.78, 5) is 13.1. The van der Waals surface area contributed by atoms with Gasteiger partial charge in [-0.05, 0) is 32.3 Å². The number of hydrogen-bond acceptors (Lipinski definition) is 3. The van der Waals surface area contributed by atoms with Gasteiger partial charge in [-0.15, -0.1) is 0 Å². The number of anilines is 1. The van der Waals surface area contributed by atoms with E-state index in [1.165, 1.54) is 12.1 Å². The summed E-state index contributed by atoms with van der Waals surface area (Å²) < 4.78 is 0. The van der Waals surface area contributed by atoms with Crippen molar-refractivity contribution in [2.24, 2.45) is 0 Å². The average molecular weight is 229 g/mol. The van der Waals surface area contributed by atoms with Crippen molar-refractivity contribution >= 4 is 23.2 Å². The molecule has 0 spiro atoms. The van der Waals surface area contributed by atoms with Gasteiger partial charge in [0.05, 0.1) is 11.6 Å². The van der Waals surface area contributed by atoms with Crippen molar-refractivity contribution in [3.8, 4) is 5.75 Å². The fraction of sp³-hybridized carbons (Fsp3) is 0.300. The molecule has 1 amide bonds.